The Balaban J connectivity index is 2.11. The van der Waals surface area contributed by atoms with Crippen LogP contribution >= 0.6 is 0 Å². The number of hydrogen-bond donors (Lipinski definition) is 1. The van der Waals surface area contributed by atoms with Gasteiger partial charge in [-0.2, -0.15) is 0 Å². The highest BCUT2D eigenvalue weighted by Gasteiger charge is 2.15. The summed E-state index contributed by atoms with van der Waals surface area (Å²) in [5.41, 5.74) is 1.46. The third-order valence-corrected chi connectivity index (χ3v) is 2.88. The Morgan fingerprint density at radius 3 is 2.68 bits per heavy atom. The van der Waals surface area contributed by atoms with E-state index in [1.807, 2.05) is 30.3 Å². The zero-order chi connectivity index (χ0) is 13.5. The summed E-state index contributed by atoms with van der Waals surface area (Å²) < 4.78 is 0. The lowest BCUT2D eigenvalue weighted by molar-refractivity contribution is 0.0929. The minimum Gasteiger partial charge on any atom is -0.344 e. The number of amides is 1. The molecule has 1 N–H and O–H groups in total. The smallest absolute Gasteiger partial charge is 0.271 e. The topological polar surface area (TPSA) is 54.9 Å². The van der Waals surface area contributed by atoms with Crippen molar-refractivity contribution in [3.63, 3.8) is 0 Å². The van der Waals surface area contributed by atoms with Crippen molar-refractivity contribution in [3.05, 3.63) is 60.2 Å². The quantitative estimate of drug-likeness (QED) is 0.893. The highest BCUT2D eigenvalue weighted by atomic mass is 16.1. The van der Waals surface area contributed by atoms with Crippen molar-refractivity contribution in [3.8, 4) is 0 Å². The number of carbonyl (C=O) groups is 1. The van der Waals surface area contributed by atoms with Gasteiger partial charge in [-0.05, 0) is 12.0 Å². The fraction of sp³-hybridized carbons (Fsp3) is 0.267. The van der Waals surface area contributed by atoms with Crippen molar-refractivity contribution < 1.29 is 4.79 Å². The molecule has 98 valence electrons. The molecule has 0 fully saturated rings. The lowest BCUT2D eigenvalue weighted by atomic mass is 10.0. The number of nitrogens with one attached hydrogen (secondary N) is 1. The molecule has 2 rings (SSSR count). The van der Waals surface area contributed by atoms with Crippen LogP contribution in [0.25, 0.3) is 0 Å². The van der Waals surface area contributed by atoms with E-state index in [9.17, 15) is 4.79 Å². The molecule has 1 amide bonds. The maximum absolute atomic E-state index is 12.1. The van der Waals surface area contributed by atoms with Gasteiger partial charge in [-0.15, -0.1) is 0 Å². The Bertz CT molecular complexity index is 513. The molecule has 0 aliphatic carbocycles. The van der Waals surface area contributed by atoms with Crippen molar-refractivity contribution in [2.45, 2.75) is 25.8 Å². The molecule has 1 aromatic carbocycles. The number of carbonyl (C=O) groups excluding carboxylic acids is 1. The zero-order valence-corrected chi connectivity index (χ0v) is 10.9. The first kappa shape index (κ1) is 13.2. The molecule has 0 spiro atoms. The highest BCUT2D eigenvalue weighted by molar-refractivity contribution is 5.92. The summed E-state index contributed by atoms with van der Waals surface area (Å²) in [4.78, 5) is 20.0. The van der Waals surface area contributed by atoms with E-state index < -0.39 is 0 Å². The first-order chi connectivity index (χ1) is 9.31. The normalized spacial score (nSPS) is 11.8. The molecule has 2 aromatic rings. The third-order valence-electron chi connectivity index (χ3n) is 2.88. The summed E-state index contributed by atoms with van der Waals surface area (Å²) in [6.07, 6.45) is 6.45. The van der Waals surface area contributed by atoms with E-state index in [4.69, 9.17) is 0 Å². The van der Waals surface area contributed by atoms with E-state index in [1.54, 1.807) is 6.20 Å². The van der Waals surface area contributed by atoms with Crippen LogP contribution in [0, 0.1) is 0 Å². The first-order valence-electron chi connectivity index (χ1n) is 6.43. The number of benzene rings is 1. The lowest BCUT2D eigenvalue weighted by Gasteiger charge is -2.18. The molecule has 0 aliphatic heterocycles. The highest BCUT2D eigenvalue weighted by Crippen LogP contribution is 2.18. The minimum atomic E-state index is -0.185. The second kappa shape index (κ2) is 6.64. The second-order valence-corrected chi connectivity index (χ2v) is 4.32. The van der Waals surface area contributed by atoms with Gasteiger partial charge in [0, 0.05) is 12.4 Å². The summed E-state index contributed by atoms with van der Waals surface area (Å²) in [7, 11) is 0. The molecule has 0 bridgehead atoms. The van der Waals surface area contributed by atoms with Gasteiger partial charge >= 0.3 is 0 Å². The minimum absolute atomic E-state index is 0.0145. The standard InChI is InChI=1S/C15H17N3O/c1-2-6-13(12-7-4-3-5-8-12)18-15(19)14-11-16-9-10-17-14/h3-5,7-11,13H,2,6H2,1H3,(H,18,19). The number of rotatable bonds is 5. The van der Waals surface area contributed by atoms with Crippen molar-refractivity contribution in [1.82, 2.24) is 15.3 Å². The maximum atomic E-state index is 12.1. The number of nitrogens with zero attached hydrogens (tertiary/aromatic N) is 2. The zero-order valence-electron chi connectivity index (χ0n) is 10.9. The predicted octanol–water partition coefficient (Wildman–Crippen LogP) is 2.75. The Morgan fingerprint density at radius 1 is 1.26 bits per heavy atom. The molecule has 1 atom stereocenters. The SMILES string of the molecule is CCCC(NC(=O)c1cnccn1)c1ccccc1. The second-order valence-electron chi connectivity index (χ2n) is 4.32. The Labute approximate surface area is 112 Å². The fourth-order valence-corrected chi connectivity index (χ4v) is 1.94. The van der Waals surface area contributed by atoms with Gasteiger partial charge in [0.15, 0.2) is 0 Å². The van der Waals surface area contributed by atoms with Gasteiger partial charge in [-0.1, -0.05) is 43.7 Å². The molecular formula is C15H17N3O. The van der Waals surface area contributed by atoms with Crippen molar-refractivity contribution in [2.75, 3.05) is 0 Å². The Morgan fingerprint density at radius 2 is 2.05 bits per heavy atom. The van der Waals surface area contributed by atoms with Gasteiger partial charge in [0.25, 0.3) is 5.91 Å². The summed E-state index contributed by atoms with van der Waals surface area (Å²) in [6.45, 7) is 2.10. The molecule has 4 heteroatoms. The largest absolute Gasteiger partial charge is 0.344 e. The summed E-state index contributed by atoms with van der Waals surface area (Å²) in [5.74, 6) is -0.185. The van der Waals surface area contributed by atoms with Crippen molar-refractivity contribution in [2.24, 2.45) is 0 Å². The molecule has 0 saturated carbocycles. The van der Waals surface area contributed by atoms with Crippen LogP contribution in [0.3, 0.4) is 0 Å². The third kappa shape index (κ3) is 3.61. The van der Waals surface area contributed by atoms with Crippen LogP contribution in [-0.2, 0) is 0 Å². The van der Waals surface area contributed by atoms with Crippen LogP contribution in [0.2, 0.25) is 0 Å². The summed E-state index contributed by atoms with van der Waals surface area (Å²) in [5, 5.41) is 3.01. The van der Waals surface area contributed by atoms with Gasteiger partial charge in [-0.3, -0.25) is 9.78 Å². The van der Waals surface area contributed by atoms with E-state index in [0.717, 1.165) is 18.4 Å². The van der Waals surface area contributed by atoms with E-state index in [-0.39, 0.29) is 11.9 Å². The van der Waals surface area contributed by atoms with E-state index in [0.29, 0.717) is 5.69 Å². The Hall–Kier alpha value is -2.23. The molecule has 4 nitrogen and oxygen atoms in total. The van der Waals surface area contributed by atoms with Crippen LogP contribution < -0.4 is 5.32 Å². The van der Waals surface area contributed by atoms with Crippen molar-refractivity contribution >= 4 is 5.91 Å². The summed E-state index contributed by atoms with van der Waals surface area (Å²) in [6, 6.07) is 9.99. The van der Waals surface area contributed by atoms with Gasteiger partial charge < -0.3 is 5.32 Å². The molecule has 0 radical (unpaired) electrons. The maximum Gasteiger partial charge on any atom is 0.271 e. The number of aromatic nitrogens is 2. The molecule has 1 aromatic heterocycles. The van der Waals surface area contributed by atoms with Crippen LogP contribution in [0.5, 0.6) is 0 Å². The molecule has 0 saturated heterocycles. The molecule has 1 unspecified atom stereocenters. The number of hydrogen-bond acceptors (Lipinski definition) is 3. The summed E-state index contributed by atoms with van der Waals surface area (Å²) >= 11 is 0. The van der Waals surface area contributed by atoms with E-state index in [1.165, 1.54) is 12.4 Å². The molecular weight excluding hydrogens is 238 g/mol. The fourth-order valence-electron chi connectivity index (χ4n) is 1.94. The van der Waals surface area contributed by atoms with Crippen LogP contribution in [0.15, 0.2) is 48.9 Å². The van der Waals surface area contributed by atoms with Crippen LogP contribution in [-0.4, -0.2) is 15.9 Å². The van der Waals surface area contributed by atoms with Crippen LogP contribution in [0.4, 0.5) is 0 Å². The average Bonchev–Trinajstić information content (AvgIpc) is 2.48. The average molecular weight is 255 g/mol. The first-order valence-corrected chi connectivity index (χ1v) is 6.43. The molecule has 1 heterocycles. The van der Waals surface area contributed by atoms with Gasteiger partial charge in [0.05, 0.1) is 12.2 Å². The van der Waals surface area contributed by atoms with Gasteiger partial charge in [0.2, 0.25) is 0 Å². The van der Waals surface area contributed by atoms with E-state index >= 15 is 0 Å². The van der Waals surface area contributed by atoms with Gasteiger partial charge in [0.1, 0.15) is 5.69 Å². The van der Waals surface area contributed by atoms with Gasteiger partial charge in [-0.25, -0.2) is 4.98 Å². The van der Waals surface area contributed by atoms with Crippen molar-refractivity contribution in [1.29, 1.82) is 0 Å². The predicted molar refractivity (Wildman–Crippen MR) is 73.6 cm³/mol. The molecule has 0 aliphatic rings. The van der Waals surface area contributed by atoms with E-state index in [2.05, 4.69) is 22.2 Å². The van der Waals surface area contributed by atoms with Crippen LogP contribution in [0.1, 0.15) is 41.9 Å². The Kier molecular flexibility index (Phi) is 4.61. The monoisotopic (exact) mass is 255 g/mol. The molecule has 19 heavy (non-hydrogen) atoms. The lowest BCUT2D eigenvalue weighted by Crippen LogP contribution is -2.29.